The van der Waals surface area contributed by atoms with Gasteiger partial charge >= 0.3 is 0 Å². The van der Waals surface area contributed by atoms with Crippen molar-refractivity contribution in [2.24, 2.45) is 29.3 Å². The Morgan fingerprint density at radius 1 is 0.978 bits per heavy atom. The van der Waals surface area contributed by atoms with Crippen LogP contribution in [-0.4, -0.2) is 92.1 Å². The molecule has 242 valence electrons. The van der Waals surface area contributed by atoms with Crippen molar-refractivity contribution >= 4 is 23.6 Å². The van der Waals surface area contributed by atoms with Crippen LogP contribution >= 0.6 is 0 Å². The molecule has 4 rings (SSSR count). The van der Waals surface area contributed by atoms with E-state index in [1.165, 1.54) is 9.80 Å². The van der Waals surface area contributed by atoms with Crippen molar-refractivity contribution in [3.05, 3.63) is 58.7 Å². The molecule has 2 aliphatic rings. The molecule has 0 spiro atoms. The van der Waals surface area contributed by atoms with E-state index in [-0.39, 0.29) is 42.7 Å². The van der Waals surface area contributed by atoms with Crippen molar-refractivity contribution in [3.63, 3.8) is 0 Å². The van der Waals surface area contributed by atoms with Crippen molar-refractivity contribution in [3.8, 4) is 17.2 Å². The number of hydrogen-bond donors (Lipinski definition) is 5. The summed E-state index contributed by atoms with van der Waals surface area (Å²) in [7, 11) is 6.76. The molecule has 3 atom stereocenters. The molecule has 0 saturated heterocycles. The number of hydrogen-bond acceptors (Lipinski definition) is 8. The predicted octanol–water partition coefficient (Wildman–Crippen LogP) is 1.88. The Kier molecular flexibility index (Phi) is 11.4. The molecule has 45 heavy (non-hydrogen) atoms. The number of rotatable bonds is 12. The third-order valence-electron chi connectivity index (χ3n) is 9.02. The molecule has 1 fully saturated rings. The lowest BCUT2D eigenvalue weighted by molar-refractivity contribution is -0.130. The van der Waals surface area contributed by atoms with Gasteiger partial charge in [0.25, 0.3) is 11.8 Å². The molecule has 3 amide bonds. The molecule has 0 aromatic heterocycles. The van der Waals surface area contributed by atoms with Gasteiger partial charge in [0.05, 0.1) is 18.0 Å². The van der Waals surface area contributed by atoms with E-state index in [0.29, 0.717) is 35.9 Å². The molecule has 0 heterocycles. The van der Waals surface area contributed by atoms with Gasteiger partial charge in [0.1, 0.15) is 12.4 Å². The van der Waals surface area contributed by atoms with Gasteiger partial charge < -0.3 is 25.8 Å². The minimum Gasteiger partial charge on any atom is -0.387 e. The number of amides is 3. The van der Waals surface area contributed by atoms with E-state index in [1.54, 1.807) is 45.2 Å². The molecule has 2 aromatic rings. The maximum absolute atomic E-state index is 13.2. The van der Waals surface area contributed by atoms with E-state index < -0.39 is 5.41 Å². The zero-order chi connectivity index (χ0) is 33.6. The average Bonchev–Trinajstić information content (AvgIpc) is 3.56. The quantitative estimate of drug-likeness (QED) is 0.0594. The Labute approximate surface area is 266 Å². The number of fused-ring (bicyclic) bond motifs is 3. The average molecular weight is 618 g/mol. The Morgan fingerprint density at radius 2 is 1.49 bits per heavy atom. The molecule has 2 unspecified atom stereocenters. The van der Waals surface area contributed by atoms with Crippen LogP contribution in [0.5, 0.6) is 0 Å². The maximum Gasteiger partial charge on any atom is 0.253 e. The van der Waals surface area contributed by atoms with Crippen molar-refractivity contribution in [1.29, 1.82) is 10.7 Å². The fourth-order valence-electron chi connectivity index (χ4n) is 6.71. The number of nitrogens with two attached hydrogens (primary N) is 3. The molecule has 12 heteroatoms. The molecular formula is C33H47N9O3. The van der Waals surface area contributed by atoms with Crippen LogP contribution in [0.25, 0.3) is 11.1 Å². The van der Waals surface area contributed by atoms with Crippen LogP contribution in [0.3, 0.4) is 0 Å². The molecule has 2 aromatic carbocycles. The summed E-state index contributed by atoms with van der Waals surface area (Å²) in [6.07, 6.45) is 2.47. The predicted molar refractivity (Wildman–Crippen MR) is 175 cm³/mol. The summed E-state index contributed by atoms with van der Waals surface area (Å²) in [5.74, 6) is 8.34. The monoisotopic (exact) mass is 617 g/mol. The zero-order valence-electron chi connectivity index (χ0n) is 27.2. The number of benzene rings is 2. The number of nitriles is 1. The lowest BCUT2D eigenvalue weighted by atomic mass is 9.74. The number of nitrogens with one attached hydrogen (secondary N) is 2. The van der Waals surface area contributed by atoms with Gasteiger partial charge in [-0.15, -0.1) is 0 Å². The van der Waals surface area contributed by atoms with Gasteiger partial charge in [-0.05, 0) is 77.7 Å². The molecule has 12 nitrogen and oxygen atoms in total. The molecule has 0 aliphatic heterocycles. The minimum atomic E-state index is -1.01. The number of amidine groups is 1. The van der Waals surface area contributed by atoms with E-state index >= 15 is 0 Å². The van der Waals surface area contributed by atoms with Gasteiger partial charge in [0.15, 0.2) is 0 Å². The van der Waals surface area contributed by atoms with Crippen LogP contribution < -0.4 is 22.7 Å². The summed E-state index contributed by atoms with van der Waals surface area (Å²) >= 11 is 0. The number of nitrogens with zero attached hydrogens (tertiary/aromatic N) is 4. The van der Waals surface area contributed by atoms with Crippen molar-refractivity contribution < 1.29 is 14.4 Å². The van der Waals surface area contributed by atoms with Gasteiger partial charge in [0.2, 0.25) is 5.91 Å². The molecule has 0 bridgehead atoms. The first kappa shape index (κ1) is 35.2. The van der Waals surface area contributed by atoms with E-state index in [4.69, 9.17) is 11.1 Å². The van der Waals surface area contributed by atoms with Gasteiger partial charge in [0, 0.05) is 45.4 Å². The third kappa shape index (κ3) is 6.71. The number of carbonyl (C=O) groups excluding carboxylic acids is 3. The van der Waals surface area contributed by atoms with Gasteiger partial charge in [-0.2, -0.15) is 5.26 Å². The van der Waals surface area contributed by atoms with Gasteiger partial charge in [-0.25, -0.2) is 0 Å². The summed E-state index contributed by atoms with van der Waals surface area (Å²) < 4.78 is 0. The summed E-state index contributed by atoms with van der Waals surface area (Å²) in [4.78, 5) is 43.6. The van der Waals surface area contributed by atoms with E-state index in [2.05, 4.69) is 36.9 Å². The Balaban J connectivity index is 0.00000271. The highest BCUT2D eigenvalue weighted by atomic mass is 16.2. The highest BCUT2D eigenvalue weighted by Crippen LogP contribution is 2.51. The Hall–Kier alpha value is -4.31. The summed E-state index contributed by atoms with van der Waals surface area (Å²) in [5, 5.41) is 21.4. The van der Waals surface area contributed by atoms with Crippen molar-refractivity contribution in [1.82, 2.24) is 20.0 Å². The van der Waals surface area contributed by atoms with Crippen molar-refractivity contribution in [2.75, 3.05) is 47.8 Å². The second-order valence-corrected chi connectivity index (χ2v) is 12.1. The highest BCUT2D eigenvalue weighted by Gasteiger charge is 2.51. The molecule has 8 N–H and O–H groups in total. The number of hydrazine groups is 1. The lowest BCUT2D eigenvalue weighted by Gasteiger charge is -2.31. The maximum atomic E-state index is 13.2. The fraction of sp³-hybridized carbons (Fsp3) is 0.485. The second-order valence-electron chi connectivity index (χ2n) is 12.1. The van der Waals surface area contributed by atoms with Crippen LogP contribution in [-0.2, 0) is 10.2 Å². The van der Waals surface area contributed by atoms with Gasteiger partial charge in [-0.3, -0.25) is 31.5 Å². The standard InChI is InChI=1S/C33H43N7O3.H4N2/c1-7-8-23-20(2)29(23)40(16-14-34)28(41)19-37-15-13-33(32(35)36)26-11-9-21(30(42)38(3)4)17-24(26)25-18-22(10-12-27(25)33)31(43)39(5)6;1-2/h9-12,17-18,20,23,29,37H,7-8,13,15-16,19H2,1-6H3,(H3,35,36);1-2H2/t20-,23?,29?;/m0./s1. The molecule has 2 aliphatic carbocycles. The second kappa shape index (κ2) is 14.6. The summed E-state index contributed by atoms with van der Waals surface area (Å²) in [6.45, 7) is 4.78. The Morgan fingerprint density at radius 3 is 1.91 bits per heavy atom. The van der Waals surface area contributed by atoms with E-state index in [1.807, 2.05) is 24.3 Å². The first-order valence-corrected chi connectivity index (χ1v) is 15.2. The van der Waals surface area contributed by atoms with E-state index in [0.717, 1.165) is 35.1 Å². The molecule has 1 saturated carbocycles. The van der Waals surface area contributed by atoms with E-state index in [9.17, 15) is 19.6 Å². The van der Waals surface area contributed by atoms with Gasteiger partial charge in [-0.1, -0.05) is 32.4 Å². The summed E-state index contributed by atoms with van der Waals surface area (Å²) in [6, 6.07) is 13.1. The highest BCUT2D eigenvalue weighted by molar-refractivity contribution is 6.05. The van der Waals surface area contributed by atoms with Crippen molar-refractivity contribution in [2.45, 2.75) is 44.6 Å². The van der Waals surface area contributed by atoms with Crippen LogP contribution in [0.2, 0.25) is 0 Å². The first-order valence-electron chi connectivity index (χ1n) is 15.2. The first-order chi connectivity index (χ1) is 21.4. The lowest BCUT2D eigenvalue weighted by Crippen LogP contribution is -2.45. The smallest absolute Gasteiger partial charge is 0.253 e. The molecular weight excluding hydrogens is 570 g/mol. The summed E-state index contributed by atoms with van der Waals surface area (Å²) in [5.41, 5.74) is 9.45. The third-order valence-corrected chi connectivity index (χ3v) is 9.02. The Bertz CT molecular complexity index is 1410. The zero-order valence-corrected chi connectivity index (χ0v) is 27.2. The van der Waals surface area contributed by atoms with Crippen LogP contribution in [0.1, 0.15) is 65.0 Å². The van der Waals surface area contributed by atoms with Crippen LogP contribution in [0.4, 0.5) is 0 Å². The normalized spacial score (nSPS) is 18.3. The molecule has 0 radical (unpaired) electrons. The van der Waals surface area contributed by atoms with Crippen LogP contribution in [0.15, 0.2) is 36.4 Å². The SMILES string of the molecule is CCCC1C(N(CC#N)C(=O)CNCCC2(C(=N)N)c3ccc(C(=O)N(C)C)cc3-c3cc(C(=O)N(C)C)ccc32)[C@H]1C.NN. The van der Waals surface area contributed by atoms with Crippen LogP contribution in [0, 0.1) is 28.6 Å². The number of carbonyl (C=O) groups is 3. The minimum absolute atomic E-state index is 0.0562. The largest absolute Gasteiger partial charge is 0.387 e. The topological polar surface area (TPSA) is 199 Å². The fourth-order valence-corrected chi connectivity index (χ4v) is 6.71.